The zero-order valence-electron chi connectivity index (χ0n) is 37.8. The van der Waals surface area contributed by atoms with E-state index < -0.39 is 12.1 Å². The number of unbranched alkanes of at least 4 members (excludes halogenated alkanes) is 29. The SMILES string of the molecule is CCCCCCCCC/C=C\CCCCCCCC(=O)OCCCCC/C=C\C=C/CCCCCCCCC(=O)NC(CO)C(O)CCCCCCCCCCC. The summed E-state index contributed by atoms with van der Waals surface area (Å²) in [5.74, 6) is -0.0915. The van der Waals surface area contributed by atoms with Crippen LogP contribution < -0.4 is 5.32 Å². The van der Waals surface area contributed by atoms with Crippen molar-refractivity contribution in [2.24, 2.45) is 0 Å². The summed E-state index contributed by atoms with van der Waals surface area (Å²) in [6.07, 6.45) is 55.5. The Morgan fingerprint density at radius 1 is 0.491 bits per heavy atom. The monoisotopic (exact) mass is 802 g/mol. The summed E-state index contributed by atoms with van der Waals surface area (Å²) < 4.78 is 5.44. The van der Waals surface area contributed by atoms with Gasteiger partial charge in [0.2, 0.25) is 5.91 Å². The molecule has 0 heterocycles. The highest BCUT2D eigenvalue weighted by Gasteiger charge is 2.20. The van der Waals surface area contributed by atoms with Crippen molar-refractivity contribution in [2.45, 2.75) is 264 Å². The number of nitrogens with one attached hydrogen (secondary N) is 1. The highest BCUT2D eigenvalue weighted by atomic mass is 16.5. The summed E-state index contributed by atoms with van der Waals surface area (Å²) in [7, 11) is 0. The van der Waals surface area contributed by atoms with Gasteiger partial charge in [0.1, 0.15) is 0 Å². The van der Waals surface area contributed by atoms with Crippen LogP contribution in [0.1, 0.15) is 251 Å². The molecule has 334 valence electrons. The molecule has 0 aliphatic heterocycles. The van der Waals surface area contributed by atoms with Crippen molar-refractivity contribution in [3.63, 3.8) is 0 Å². The molecule has 0 fully saturated rings. The first kappa shape index (κ1) is 55.1. The highest BCUT2D eigenvalue weighted by molar-refractivity contribution is 5.76. The number of hydrogen-bond acceptors (Lipinski definition) is 5. The van der Waals surface area contributed by atoms with Crippen LogP contribution in [0.5, 0.6) is 0 Å². The Kier molecular flexibility index (Phi) is 45.2. The first-order valence-corrected chi connectivity index (χ1v) is 24.8. The molecule has 2 atom stereocenters. The number of aliphatic hydroxyl groups is 2. The highest BCUT2D eigenvalue weighted by Crippen LogP contribution is 2.15. The fraction of sp³-hybridized carbons (Fsp3) is 0.843. The molecule has 0 saturated heterocycles. The second-order valence-electron chi connectivity index (χ2n) is 16.8. The van der Waals surface area contributed by atoms with Crippen molar-refractivity contribution in [2.75, 3.05) is 13.2 Å². The van der Waals surface area contributed by atoms with Gasteiger partial charge in [-0.15, -0.1) is 0 Å². The van der Waals surface area contributed by atoms with Crippen LogP contribution in [-0.4, -0.2) is 47.4 Å². The van der Waals surface area contributed by atoms with E-state index in [4.69, 9.17) is 4.74 Å². The average molecular weight is 802 g/mol. The first-order chi connectivity index (χ1) is 28.0. The van der Waals surface area contributed by atoms with Crippen LogP contribution >= 0.6 is 0 Å². The smallest absolute Gasteiger partial charge is 0.305 e. The standard InChI is InChI=1S/C51H95NO5/c1-3-5-7-9-11-13-14-15-16-19-22-25-29-33-37-41-45-51(56)57-46-42-38-34-30-26-23-20-17-18-21-24-28-32-36-40-44-50(55)52-48(47-53)49(54)43-39-35-31-27-12-10-8-6-4-2/h16-17,19-20,23,26,48-49,53-54H,3-15,18,21-22,24-25,27-47H2,1-2H3,(H,52,55)/b19-16-,20-17-,26-23-. The lowest BCUT2D eigenvalue weighted by molar-refractivity contribution is -0.143. The molecule has 3 N–H and O–H groups in total. The topological polar surface area (TPSA) is 95.9 Å². The number of carbonyl (C=O) groups excluding carboxylic acids is 2. The molecule has 0 aliphatic carbocycles. The maximum Gasteiger partial charge on any atom is 0.305 e. The summed E-state index contributed by atoms with van der Waals surface area (Å²) >= 11 is 0. The Hall–Kier alpha value is -1.92. The van der Waals surface area contributed by atoms with Crippen LogP contribution in [0.2, 0.25) is 0 Å². The van der Waals surface area contributed by atoms with E-state index in [9.17, 15) is 19.8 Å². The van der Waals surface area contributed by atoms with Crippen LogP contribution in [0.25, 0.3) is 0 Å². The van der Waals surface area contributed by atoms with Crippen LogP contribution in [0, 0.1) is 0 Å². The Morgan fingerprint density at radius 2 is 0.877 bits per heavy atom. The fourth-order valence-electron chi connectivity index (χ4n) is 7.33. The predicted octanol–water partition coefficient (Wildman–Crippen LogP) is 14.5. The van der Waals surface area contributed by atoms with Gasteiger partial charge in [-0.25, -0.2) is 0 Å². The number of rotatable bonds is 45. The number of ether oxygens (including phenoxy) is 1. The molecule has 0 aromatic carbocycles. The Bertz CT molecular complexity index is 931. The molecule has 2 unspecified atom stereocenters. The second-order valence-corrected chi connectivity index (χ2v) is 16.8. The van der Waals surface area contributed by atoms with Gasteiger partial charge in [0.25, 0.3) is 0 Å². The van der Waals surface area contributed by atoms with E-state index in [-0.39, 0.29) is 18.5 Å². The second kappa shape index (κ2) is 46.8. The van der Waals surface area contributed by atoms with Crippen LogP contribution in [0.15, 0.2) is 36.5 Å². The van der Waals surface area contributed by atoms with Gasteiger partial charge < -0.3 is 20.3 Å². The van der Waals surface area contributed by atoms with Crippen LogP contribution in [0.3, 0.4) is 0 Å². The van der Waals surface area contributed by atoms with Crippen LogP contribution in [-0.2, 0) is 14.3 Å². The Morgan fingerprint density at radius 3 is 1.35 bits per heavy atom. The normalized spacial score (nSPS) is 13.0. The first-order valence-electron chi connectivity index (χ1n) is 24.8. The van der Waals surface area contributed by atoms with Gasteiger partial charge in [0.05, 0.1) is 25.4 Å². The van der Waals surface area contributed by atoms with Gasteiger partial charge in [-0.3, -0.25) is 9.59 Å². The molecular weight excluding hydrogens is 707 g/mol. The van der Waals surface area contributed by atoms with Crippen LogP contribution in [0.4, 0.5) is 0 Å². The van der Waals surface area contributed by atoms with Gasteiger partial charge in [0, 0.05) is 12.8 Å². The lowest BCUT2D eigenvalue weighted by atomic mass is 10.0. The van der Waals surface area contributed by atoms with Crippen molar-refractivity contribution < 1.29 is 24.5 Å². The van der Waals surface area contributed by atoms with E-state index in [1.807, 2.05) is 0 Å². The van der Waals surface area contributed by atoms with Gasteiger partial charge in [-0.1, -0.05) is 192 Å². The van der Waals surface area contributed by atoms with Crippen molar-refractivity contribution in [3.8, 4) is 0 Å². The van der Waals surface area contributed by atoms with Crippen molar-refractivity contribution in [3.05, 3.63) is 36.5 Å². The molecule has 57 heavy (non-hydrogen) atoms. The van der Waals surface area contributed by atoms with Crippen molar-refractivity contribution in [1.29, 1.82) is 0 Å². The lowest BCUT2D eigenvalue weighted by Gasteiger charge is -2.22. The van der Waals surface area contributed by atoms with Gasteiger partial charge in [-0.05, 0) is 83.5 Å². The molecule has 1 amide bonds. The Balaban J connectivity index is 3.51. The number of hydrogen-bond donors (Lipinski definition) is 3. The molecule has 0 aliphatic rings. The molecule has 0 spiro atoms. The van der Waals surface area contributed by atoms with Gasteiger partial charge in [-0.2, -0.15) is 0 Å². The van der Waals surface area contributed by atoms with Gasteiger partial charge >= 0.3 is 5.97 Å². The maximum atomic E-state index is 12.4. The number of allylic oxidation sites excluding steroid dienone is 6. The summed E-state index contributed by atoms with van der Waals surface area (Å²) in [5, 5.41) is 23.0. The third-order valence-corrected chi connectivity index (χ3v) is 11.2. The van der Waals surface area contributed by atoms with Crippen molar-refractivity contribution in [1.82, 2.24) is 5.32 Å². The minimum atomic E-state index is -0.676. The summed E-state index contributed by atoms with van der Waals surface area (Å²) in [4.78, 5) is 24.4. The average Bonchev–Trinajstić information content (AvgIpc) is 3.21. The molecule has 6 nitrogen and oxygen atoms in total. The molecular formula is C51H95NO5. The summed E-state index contributed by atoms with van der Waals surface area (Å²) in [5.41, 5.74) is 0. The number of aliphatic hydroxyl groups excluding tert-OH is 2. The van der Waals surface area contributed by atoms with Crippen molar-refractivity contribution >= 4 is 11.9 Å². The lowest BCUT2D eigenvalue weighted by Crippen LogP contribution is -2.45. The van der Waals surface area contributed by atoms with Gasteiger partial charge in [0.15, 0.2) is 0 Å². The maximum absolute atomic E-state index is 12.4. The van der Waals surface area contributed by atoms with E-state index in [0.717, 1.165) is 77.0 Å². The Labute approximate surface area is 353 Å². The zero-order chi connectivity index (χ0) is 41.5. The minimum Gasteiger partial charge on any atom is -0.466 e. The molecule has 0 saturated carbocycles. The zero-order valence-corrected chi connectivity index (χ0v) is 37.8. The third-order valence-electron chi connectivity index (χ3n) is 11.2. The number of carbonyl (C=O) groups is 2. The molecule has 0 aromatic heterocycles. The fourth-order valence-corrected chi connectivity index (χ4v) is 7.33. The molecule has 0 radical (unpaired) electrons. The predicted molar refractivity (Wildman–Crippen MR) is 246 cm³/mol. The van der Waals surface area contributed by atoms with E-state index in [1.165, 1.54) is 141 Å². The quantitative estimate of drug-likeness (QED) is 0.0247. The largest absolute Gasteiger partial charge is 0.466 e. The van der Waals surface area contributed by atoms with E-state index in [1.54, 1.807) is 0 Å². The number of esters is 1. The molecule has 0 bridgehead atoms. The molecule has 6 heteroatoms. The number of amides is 1. The summed E-state index contributed by atoms with van der Waals surface area (Å²) in [6.45, 7) is 4.85. The van der Waals surface area contributed by atoms with E-state index in [2.05, 4.69) is 55.6 Å². The van der Waals surface area contributed by atoms with E-state index in [0.29, 0.717) is 25.9 Å². The third kappa shape index (κ3) is 43.5. The molecule has 0 aromatic rings. The minimum absolute atomic E-state index is 0.0300. The molecule has 0 rings (SSSR count). The summed E-state index contributed by atoms with van der Waals surface area (Å²) in [6, 6.07) is -0.556. The van der Waals surface area contributed by atoms with E-state index >= 15 is 0 Å².